The van der Waals surface area contributed by atoms with E-state index in [0.717, 1.165) is 17.1 Å². The van der Waals surface area contributed by atoms with Crippen LogP contribution < -0.4 is 18.5 Å². The van der Waals surface area contributed by atoms with Crippen LogP contribution in [0.25, 0.3) is 0 Å². The first-order valence-electron chi connectivity index (χ1n) is 17.0. The van der Waals surface area contributed by atoms with E-state index in [0.29, 0.717) is 38.3 Å². The third kappa shape index (κ3) is 10.2. The standard InChI is InChI=1S/C25H25N4O3.3C4H9.Sn/c30-24(18-27-25(31)21-9-5-2-6-10-21)29-15-13-28(14-16-29)23-12-11-22(17-26-23)32-19-20-7-3-1-4-8-20;3*1-3-4-2;/h1,3-12,17H,13-16,18-19H2,(H,27,31);3*1,3-4H2,2H3;. The average molecular weight is 720 g/mol. The Morgan fingerprint density at radius 3 is 1.98 bits per heavy atom. The van der Waals surface area contributed by atoms with Gasteiger partial charge in [0.15, 0.2) is 0 Å². The third-order valence-electron chi connectivity index (χ3n) is 9.11. The summed E-state index contributed by atoms with van der Waals surface area (Å²) in [5.41, 5.74) is 1.75. The number of carbonyl (C=O) groups is 2. The predicted octanol–water partition coefficient (Wildman–Crippen LogP) is 6.80. The Morgan fingerprint density at radius 2 is 1.42 bits per heavy atom. The second-order valence-corrected chi connectivity index (χ2v) is 25.6. The van der Waals surface area contributed by atoms with Crippen LogP contribution in [-0.4, -0.2) is 72.8 Å². The molecule has 2 aromatic carbocycles. The molecule has 0 aliphatic carbocycles. The van der Waals surface area contributed by atoms with Crippen LogP contribution in [0.5, 0.6) is 5.75 Å². The number of pyridine rings is 1. The van der Waals surface area contributed by atoms with Gasteiger partial charge in [0.05, 0.1) is 6.20 Å². The summed E-state index contributed by atoms with van der Waals surface area (Å²) in [6, 6.07) is 22.5. The SMILES string of the molecule is CCC[CH2][Sn]([CH2]CCC)([CH2]CCC)[c]1ccc(C(=O)NCC(=O)N2CCN(c3ccc(OCc4ccccc4)cn3)CC2)cc1. The number of rotatable bonds is 17. The van der Waals surface area contributed by atoms with Crippen molar-refractivity contribution in [3.05, 3.63) is 84.1 Å². The number of anilines is 1. The molecule has 1 aromatic heterocycles. The van der Waals surface area contributed by atoms with E-state index in [1.807, 2.05) is 59.5 Å². The Bertz CT molecular complexity index is 1290. The van der Waals surface area contributed by atoms with Crippen molar-refractivity contribution in [2.75, 3.05) is 37.6 Å². The third-order valence-corrected chi connectivity index (χ3v) is 24.8. The maximum absolute atomic E-state index is 13.0. The fourth-order valence-corrected chi connectivity index (χ4v) is 22.2. The van der Waals surface area contributed by atoms with Gasteiger partial charge in [-0.1, -0.05) is 30.3 Å². The van der Waals surface area contributed by atoms with Crippen LogP contribution in [0.1, 0.15) is 75.2 Å². The Balaban J connectivity index is 1.25. The van der Waals surface area contributed by atoms with E-state index >= 15 is 0 Å². The van der Waals surface area contributed by atoms with Gasteiger partial charge in [0.25, 0.3) is 0 Å². The van der Waals surface area contributed by atoms with Crippen molar-refractivity contribution in [2.24, 2.45) is 0 Å². The molecule has 242 valence electrons. The van der Waals surface area contributed by atoms with Crippen molar-refractivity contribution in [3.8, 4) is 5.75 Å². The van der Waals surface area contributed by atoms with Gasteiger partial charge in [0, 0.05) is 0 Å². The number of unbranched alkanes of at least 4 members (excludes halogenated alkanes) is 3. The van der Waals surface area contributed by atoms with E-state index in [1.54, 1.807) is 9.78 Å². The monoisotopic (exact) mass is 720 g/mol. The molecule has 7 nitrogen and oxygen atoms in total. The van der Waals surface area contributed by atoms with Crippen molar-refractivity contribution in [3.63, 3.8) is 0 Å². The number of aromatic nitrogens is 1. The summed E-state index contributed by atoms with van der Waals surface area (Å²) in [6.07, 6.45) is 9.43. The summed E-state index contributed by atoms with van der Waals surface area (Å²) >= 11 is -2.53. The summed E-state index contributed by atoms with van der Waals surface area (Å²) in [7, 11) is 0. The van der Waals surface area contributed by atoms with Gasteiger partial charge < -0.3 is 4.74 Å². The molecule has 0 radical (unpaired) electrons. The van der Waals surface area contributed by atoms with Gasteiger partial charge in [0.1, 0.15) is 18.2 Å². The van der Waals surface area contributed by atoms with Crippen LogP contribution in [0.3, 0.4) is 0 Å². The molecule has 1 N–H and O–H groups in total. The molecule has 0 saturated carbocycles. The molecule has 0 unspecified atom stereocenters. The van der Waals surface area contributed by atoms with E-state index < -0.39 is 18.4 Å². The van der Waals surface area contributed by atoms with Crippen molar-refractivity contribution < 1.29 is 14.3 Å². The zero-order valence-corrected chi connectivity index (χ0v) is 30.5. The van der Waals surface area contributed by atoms with Crippen molar-refractivity contribution in [1.29, 1.82) is 0 Å². The molecule has 0 spiro atoms. The second kappa shape index (κ2) is 18.2. The molecule has 1 fully saturated rings. The Morgan fingerprint density at radius 1 is 0.800 bits per heavy atom. The van der Waals surface area contributed by atoms with Gasteiger partial charge in [0.2, 0.25) is 0 Å². The number of piperazine rings is 1. The van der Waals surface area contributed by atoms with E-state index in [2.05, 4.69) is 48.1 Å². The quantitative estimate of drug-likeness (QED) is 0.156. The fraction of sp³-hybridized carbons (Fsp3) is 0.486. The van der Waals surface area contributed by atoms with Gasteiger partial charge in [-0.05, 0) is 17.7 Å². The van der Waals surface area contributed by atoms with Gasteiger partial charge in [-0.3, -0.25) is 0 Å². The first-order chi connectivity index (χ1) is 22.0. The van der Waals surface area contributed by atoms with Crippen LogP contribution >= 0.6 is 0 Å². The topological polar surface area (TPSA) is 74.8 Å². The number of hydrogen-bond donors (Lipinski definition) is 1. The summed E-state index contributed by atoms with van der Waals surface area (Å²) in [5, 5.41) is 2.88. The Kier molecular flexibility index (Phi) is 14.0. The Labute approximate surface area is 274 Å². The second-order valence-electron chi connectivity index (χ2n) is 12.3. The molecule has 0 bridgehead atoms. The number of nitrogens with one attached hydrogen (secondary N) is 1. The number of ether oxygens (including phenoxy) is 1. The molecule has 8 heteroatoms. The van der Waals surface area contributed by atoms with E-state index in [9.17, 15) is 9.59 Å². The predicted molar refractivity (Wildman–Crippen MR) is 187 cm³/mol. The molecular formula is C37H52N4O3Sn. The summed E-state index contributed by atoms with van der Waals surface area (Å²) in [5.74, 6) is 1.38. The number of carbonyl (C=O) groups excluding carboxylic acids is 2. The maximum atomic E-state index is 13.0. The number of benzene rings is 2. The number of nitrogens with zero attached hydrogens (tertiary/aromatic N) is 3. The van der Waals surface area contributed by atoms with Gasteiger partial charge >= 0.3 is 194 Å². The molecule has 1 aliphatic heterocycles. The molecule has 45 heavy (non-hydrogen) atoms. The summed E-state index contributed by atoms with van der Waals surface area (Å²) in [6.45, 7) is 9.99. The summed E-state index contributed by atoms with van der Waals surface area (Å²) < 4.78 is 11.6. The minimum absolute atomic E-state index is 0.0128. The minimum atomic E-state index is -2.53. The van der Waals surface area contributed by atoms with Crippen LogP contribution in [-0.2, 0) is 11.4 Å². The Hall–Kier alpha value is -3.07. The molecule has 4 rings (SSSR count). The first kappa shape index (κ1) is 34.8. The number of hydrogen-bond acceptors (Lipinski definition) is 5. The van der Waals surface area contributed by atoms with Gasteiger partial charge in [-0.25, -0.2) is 4.98 Å². The van der Waals surface area contributed by atoms with Crippen LogP contribution in [0.2, 0.25) is 13.3 Å². The zero-order chi connectivity index (χ0) is 31.9. The molecule has 1 aliphatic rings. The van der Waals surface area contributed by atoms with Crippen LogP contribution in [0.4, 0.5) is 5.82 Å². The van der Waals surface area contributed by atoms with Gasteiger partial charge in [-0.15, -0.1) is 0 Å². The van der Waals surface area contributed by atoms with Crippen LogP contribution in [0, 0.1) is 0 Å². The molecule has 3 aromatic rings. The normalized spacial score (nSPS) is 13.5. The molecule has 2 amide bonds. The zero-order valence-electron chi connectivity index (χ0n) is 27.6. The summed E-state index contributed by atoms with van der Waals surface area (Å²) in [4.78, 5) is 34.6. The van der Waals surface area contributed by atoms with E-state index in [1.165, 1.54) is 51.8 Å². The first-order valence-corrected chi connectivity index (χ1v) is 24.5. The number of amides is 2. The van der Waals surface area contributed by atoms with Crippen LogP contribution in [0.15, 0.2) is 72.9 Å². The van der Waals surface area contributed by atoms with Crippen molar-refractivity contribution in [1.82, 2.24) is 15.2 Å². The molecule has 2 heterocycles. The average Bonchev–Trinajstić information content (AvgIpc) is 3.10. The molecular weight excluding hydrogens is 667 g/mol. The van der Waals surface area contributed by atoms with Crippen molar-refractivity contribution in [2.45, 2.75) is 79.2 Å². The van der Waals surface area contributed by atoms with Gasteiger partial charge in [-0.2, -0.15) is 0 Å². The van der Waals surface area contributed by atoms with Crippen molar-refractivity contribution >= 4 is 39.6 Å². The van der Waals surface area contributed by atoms with E-state index in [4.69, 9.17) is 4.74 Å². The molecule has 0 atom stereocenters. The van der Waals surface area contributed by atoms with E-state index in [-0.39, 0.29) is 18.4 Å². The fourth-order valence-electron chi connectivity index (χ4n) is 6.27. The molecule has 1 saturated heterocycles.